The second kappa shape index (κ2) is 7.67. The number of ether oxygens (including phenoxy) is 2. The van der Waals surface area contributed by atoms with Gasteiger partial charge in [-0.25, -0.2) is 0 Å². The fraction of sp³-hybridized carbons (Fsp3) is 0.294. The van der Waals surface area contributed by atoms with Gasteiger partial charge in [0.05, 0.1) is 14.2 Å². The van der Waals surface area contributed by atoms with Crippen LogP contribution in [0.25, 0.3) is 0 Å². The summed E-state index contributed by atoms with van der Waals surface area (Å²) in [5.41, 5.74) is 5.32. The molecule has 21 heavy (non-hydrogen) atoms. The molecule has 0 saturated heterocycles. The lowest BCUT2D eigenvalue weighted by Gasteiger charge is -2.17. The van der Waals surface area contributed by atoms with Gasteiger partial charge in [0.2, 0.25) is 0 Å². The Hall–Kier alpha value is -2.04. The van der Waals surface area contributed by atoms with Crippen LogP contribution in [0.4, 0.5) is 0 Å². The van der Waals surface area contributed by atoms with Crippen molar-refractivity contribution in [3.63, 3.8) is 0 Å². The van der Waals surface area contributed by atoms with Crippen molar-refractivity contribution in [2.24, 2.45) is 5.84 Å². The van der Waals surface area contributed by atoms with Crippen molar-refractivity contribution < 1.29 is 9.47 Å². The van der Waals surface area contributed by atoms with Crippen LogP contribution in [0, 0.1) is 0 Å². The summed E-state index contributed by atoms with van der Waals surface area (Å²) >= 11 is 0. The summed E-state index contributed by atoms with van der Waals surface area (Å²) in [6, 6.07) is 16.4. The summed E-state index contributed by atoms with van der Waals surface area (Å²) in [5.74, 6) is 7.17. The zero-order valence-corrected chi connectivity index (χ0v) is 12.5. The monoisotopic (exact) mass is 286 g/mol. The molecule has 0 aliphatic carbocycles. The van der Waals surface area contributed by atoms with Gasteiger partial charge in [0.15, 0.2) is 11.5 Å². The number of nitrogens with two attached hydrogens (primary N) is 1. The predicted molar refractivity (Wildman–Crippen MR) is 84.5 cm³/mol. The number of benzene rings is 2. The summed E-state index contributed by atoms with van der Waals surface area (Å²) in [7, 11) is 3.28. The highest BCUT2D eigenvalue weighted by Crippen LogP contribution is 2.28. The Morgan fingerprint density at radius 2 is 1.57 bits per heavy atom. The predicted octanol–water partition coefficient (Wildman–Crippen LogP) is 2.32. The maximum atomic E-state index is 5.69. The molecular weight excluding hydrogens is 264 g/mol. The van der Waals surface area contributed by atoms with Crippen LogP contribution >= 0.6 is 0 Å². The van der Waals surface area contributed by atoms with Gasteiger partial charge >= 0.3 is 0 Å². The van der Waals surface area contributed by atoms with Crippen molar-refractivity contribution >= 4 is 0 Å². The number of nitrogens with one attached hydrogen (secondary N) is 1. The van der Waals surface area contributed by atoms with Gasteiger partial charge in [-0.15, -0.1) is 0 Å². The Balaban J connectivity index is 2.08. The first-order valence-electron chi connectivity index (χ1n) is 6.97. The fourth-order valence-corrected chi connectivity index (χ4v) is 2.38. The van der Waals surface area contributed by atoms with Gasteiger partial charge in [-0.1, -0.05) is 36.4 Å². The normalized spacial score (nSPS) is 12.0. The van der Waals surface area contributed by atoms with Crippen molar-refractivity contribution in [2.45, 2.75) is 18.9 Å². The second-order valence-corrected chi connectivity index (χ2v) is 4.95. The molecule has 3 N–H and O–H groups in total. The van der Waals surface area contributed by atoms with E-state index in [2.05, 4.69) is 17.6 Å². The number of hydrogen-bond acceptors (Lipinski definition) is 4. The number of hydrazine groups is 1. The standard InChI is InChI=1S/C17H22N2O2/c1-20-16-9-8-14(12-17(16)21-2)11-15(19-18)10-13-6-4-3-5-7-13/h3-9,12,15,19H,10-11,18H2,1-2H3. The molecule has 0 spiro atoms. The van der Waals surface area contributed by atoms with E-state index in [9.17, 15) is 0 Å². The highest BCUT2D eigenvalue weighted by Gasteiger charge is 2.11. The van der Waals surface area contributed by atoms with Crippen molar-refractivity contribution in [2.75, 3.05) is 14.2 Å². The van der Waals surface area contributed by atoms with Gasteiger partial charge in [0.1, 0.15) is 0 Å². The fourth-order valence-electron chi connectivity index (χ4n) is 2.38. The van der Waals surface area contributed by atoms with E-state index in [1.807, 2.05) is 36.4 Å². The number of rotatable bonds is 7. The SMILES string of the molecule is COc1ccc(CC(Cc2ccccc2)NN)cc1OC. The lowest BCUT2D eigenvalue weighted by atomic mass is 9.99. The summed E-state index contributed by atoms with van der Waals surface area (Å²) in [6.07, 6.45) is 1.71. The summed E-state index contributed by atoms with van der Waals surface area (Å²) in [5, 5.41) is 0. The molecule has 0 aliphatic heterocycles. The molecule has 0 amide bonds. The van der Waals surface area contributed by atoms with Gasteiger partial charge in [-0.2, -0.15) is 0 Å². The molecule has 1 unspecified atom stereocenters. The average molecular weight is 286 g/mol. The van der Waals surface area contributed by atoms with Crippen LogP contribution in [0.1, 0.15) is 11.1 Å². The maximum absolute atomic E-state index is 5.69. The molecule has 0 heterocycles. The topological polar surface area (TPSA) is 56.5 Å². The van der Waals surface area contributed by atoms with E-state index < -0.39 is 0 Å². The first-order chi connectivity index (χ1) is 10.3. The zero-order chi connectivity index (χ0) is 15.1. The first-order valence-corrected chi connectivity index (χ1v) is 6.97. The van der Waals surface area contributed by atoms with E-state index in [1.165, 1.54) is 5.56 Å². The minimum absolute atomic E-state index is 0.172. The van der Waals surface area contributed by atoms with Gasteiger partial charge in [0.25, 0.3) is 0 Å². The minimum Gasteiger partial charge on any atom is -0.493 e. The molecule has 2 rings (SSSR count). The molecule has 1 atom stereocenters. The Kier molecular flexibility index (Phi) is 5.60. The molecule has 0 aromatic heterocycles. The zero-order valence-electron chi connectivity index (χ0n) is 12.5. The molecule has 2 aromatic rings. The Morgan fingerprint density at radius 1 is 0.905 bits per heavy atom. The van der Waals surface area contributed by atoms with Crippen LogP contribution in [-0.4, -0.2) is 20.3 Å². The molecule has 112 valence electrons. The highest BCUT2D eigenvalue weighted by atomic mass is 16.5. The lowest BCUT2D eigenvalue weighted by Crippen LogP contribution is -2.38. The van der Waals surface area contributed by atoms with Gasteiger partial charge in [-0.05, 0) is 36.1 Å². The largest absolute Gasteiger partial charge is 0.493 e. The van der Waals surface area contributed by atoms with E-state index in [0.717, 1.165) is 29.9 Å². The second-order valence-electron chi connectivity index (χ2n) is 4.95. The Labute approximate surface area is 125 Å². The third-order valence-electron chi connectivity index (χ3n) is 3.49. The highest BCUT2D eigenvalue weighted by molar-refractivity contribution is 5.43. The molecule has 0 fully saturated rings. The van der Waals surface area contributed by atoms with E-state index in [4.69, 9.17) is 15.3 Å². The Morgan fingerprint density at radius 3 is 2.19 bits per heavy atom. The van der Waals surface area contributed by atoms with Crippen LogP contribution in [0.5, 0.6) is 11.5 Å². The average Bonchev–Trinajstić information content (AvgIpc) is 2.55. The van der Waals surface area contributed by atoms with Crippen molar-refractivity contribution in [3.8, 4) is 11.5 Å². The van der Waals surface area contributed by atoms with Crippen LogP contribution in [0.3, 0.4) is 0 Å². The van der Waals surface area contributed by atoms with Crippen molar-refractivity contribution in [1.82, 2.24) is 5.43 Å². The smallest absolute Gasteiger partial charge is 0.160 e. The molecule has 0 aliphatic rings. The maximum Gasteiger partial charge on any atom is 0.160 e. The van der Waals surface area contributed by atoms with E-state index in [1.54, 1.807) is 14.2 Å². The van der Waals surface area contributed by atoms with E-state index in [-0.39, 0.29) is 6.04 Å². The van der Waals surface area contributed by atoms with Gasteiger partial charge < -0.3 is 9.47 Å². The summed E-state index contributed by atoms with van der Waals surface area (Å²) < 4.78 is 10.6. The number of hydrogen-bond donors (Lipinski definition) is 2. The molecular formula is C17H22N2O2. The first kappa shape index (κ1) is 15.4. The summed E-state index contributed by atoms with van der Waals surface area (Å²) in [6.45, 7) is 0. The minimum atomic E-state index is 0.172. The quantitative estimate of drug-likeness (QED) is 0.606. The van der Waals surface area contributed by atoms with Gasteiger partial charge in [0, 0.05) is 6.04 Å². The van der Waals surface area contributed by atoms with Crippen LogP contribution in [0.2, 0.25) is 0 Å². The van der Waals surface area contributed by atoms with Crippen molar-refractivity contribution in [1.29, 1.82) is 0 Å². The molecule has 0 bridgehead atoms. The van der Waals surface area contributed by atoms with E-state index in [0.29, 0.717) is 0 Å². The number of methoxy groups -OCH3 is 2. The molecule has 4 nitrogen and oxygen atoms in total. The third kappa shape index (κ3) is 4.21. The molecule has 2 aromatic carbocycles. The molecule has 4 heteroatoms. The third-order valence-corrected chi connectivity index (χ3v) is 3.49. The van der Waals surface area contributed by atoms with Crippen LogP contribution in [-0.2, 0) is 12.8 Å². The van der Waals surface area contributed by atoms with E-state index >= 15 is 0 Å². The van der Waals surface area contributed by atoms with Gasteiger partial charge in [-0.3, -0.25) is 11.3 Å². The Bertz CT molecular complexity index is 558. The lowest BCUT2D eigenvalue weighted by molar-refractivity contribution is 0.354. The van der Waals surface area contributed by atoms with Crippen LogP contribution < -0.4 is 20.7 Å². The van der Waals surface area contributed by atoms with Crippen molar-refractivity contribution in [3.05, 3.63) is 59.7 Å². The molecule has 0 radical (unpaired) electrons. The van der Waals surface area contributed by atoms with Crippen LogP contribution in [0.15, 0.2) is 48.5 Å². The summed E-state index contributed by atoms with van der Waals surface area (Å²) in [4.78, 5) is 0. The molecule has 0 saturated carbocycles.